The Bertz CT molecular complexity index is 221. The molecule has 17 heavy (non-hydrogen) atoms. The fourth-order valence-corrected chi connectivity index (χ4v) is 4.06. The maximum atomic E-state index is 6.10. The zero-order chi connectivity index (χ0) is 12.3. The molecule has 0 aromatic rings. The van der Waals surface area contributed by atoms with Gasteiger partial charge >= 0.3 is 0 Å². The van der Waals surface area contributed by atoms with Crippen LogP contribution in [0.1, 0.15) is 58.8 Å². The first-order valence-corrected chi connectivity index (χ1v) is 7.70. The quantitative estimate of drug-likeness (QED) is 0.816. The van der Waals surface area contributed by atoms with Crippen LogP contribution >= 0.6 is 0 Å². The molecule has 2 fully saturated rings. The molecule has 2 nitrogen and oxygen atoms in total. The monoisotopic (exact) mass is 238 g/mol. The maximum Gasteiger partial charge on any atom is 0.0249 e. The van der Waals surface area contributed by atoms with E-state index in [1.54, 1.807) is 0 Å². The molecule has 1 heterocycles. The number of rotatable bonds is 4. The van der Waals surface area contributed by atoms with E-state index in [0.29, 0.717) is 6.04 Å². The van der Waals surface area contributed by atoms with Crippen LogP contribution in [0.5, 0.6) is 0 Å². The van der Waals surface area contributed by atoms with Crippen molar-refractivity contribution >= 4 is 0 Å². The van der Waals surface area contributed by atoms with E-state index in [9.17, 15) is 0 Å². The Morgan fingerprint density at radius 3 is 2.35 bits per heavy atom. The number of hydrogen-bond donors (Lipinski definition) is 1. The summed E-state index contributed by atoms with van der Waals surface area (Å²) in [6.45, 7) is 6.91. The van der Waals surface area contributed by atoms with Gasteiger partial charge in [0.25, 0.3) is 0 Å². The standard InChI is InChI=1S/C15H30N2/c1-12(2)14-9-6-10-17(14)15(11-16)13-7-4-3-5-8-13/h12-15H,3-11,16H2,1-2H3. The molecule has 2 atom stereocenters. The van der Waals surface area contributed by atoms with Crippen molar-refractivity contribution in [2.45, 2.75) is 70.9 Å². The van der Waals surface area contributed by atoms with Crippen molar-refractivity contribution in [2.24, 2.45) is 17.6 Å². The topological polar surface area (TPSA) is 29.3 Å². The summed E-state index contributed by atoms with van der Waals surface area (Å²) in [6, 6.07) is 1.47. The molecule has 1 saturated carbocycles. The molecule has 2 N–H and O–H groups in total. The summed E-state index contributed by atoms with van der Waals surface area (Å²) in [5, 5.41) is 0. The summed E-state index contributed by atoms with van der Waals surface area (Å²) < 4.78 is 0. The number of nitrogens with zero attached hydrogens (tertiary/aromatic N) is 1. The second kappa shape index (κ2) is 6.19. The van der Waals surface area contributed by atoms with Gasteiger partial charge in [-0.2, -0.15) is 0 Å². The van der Waals surface area contributed by atoms with Crippen LogP contribution in [0, 0.1) is 11.8 Å². The molecule has 0 aromatic carbocycles. The minimum atomic E-state index is 0.671. The minimum Gasteiger partial charge on any atom is -0.329 e. The summed E-state index contributed by atoms with van der Waals surface area (Å²) in [5.74, 6) is 1.67. The van der Waals surface area contributed by atoms with E-state index >= 15 is 0 Å². The van der Waals surface area contributed by atoms with E-state index in [2.05, 4.69) is 18.7 Å². The largest absolute Gasteiger partial charge is 0.329 e. The van der Waals surface area contributed by atoms with Crippen LogP contribution in [0.25, 0.3) is 0 Å². The van der Waals surface area contributed by atoms with Crippen molar-refractivity contribution in [2.75, 3.05) is 13.1 Å². The SMILES string of the molecule is CC(C)C1CCCN1C(CN)C1CCCCC1. The lowest BCUT2D eigenvalue weighted by Crippen LogP contribution is -2.49. The summed E-state index contributed by atoms with van der Waals surface area (Å²) >= 11 is 0. The van der Waals surface area contributed by atoms with Gasteiger partial charge in [0.1, 0.15) is 0 Å². The molecule has 2 unspecified atom stereocenters. The lowest BCUT2D eigenvalue weighted by molar-refractivity contribution is 0.0899. The van der Waals surface area contributed by atoms with Gasteiger partial charge < -0.3 is 5.73 Å². The van der Waals surface area contributed by atoms with E-state index in [0.717, 1.165) is 24.4 Å². The molecular weight excluding hydrogens is 208 g/mol. The van der Waals surface area contributed by atoms with Gasteiger partial charge in [-0.1, -0.05) is 33.1 Å². The van der Waals surface area contributed by atoms with Crippen molar-refractivity contribution < 1.29 is 0 Å². The van der Waals surface area contributed by atoms with E-state index in [1.165, 1.54) is 51.5 Å². The zero-order valence-corrected chi connectivity index (χ0v) is 11.7. The molecule has 100 valence electrons. The van der Waals surface area contributed by atoms with Crippen LogP contribution in [0.4, 0.5) is 0 Å². The Hall–Kier alpha value is -0.0800. The Morgan fingerprint density at radius 1 is 1.06 bits per heavy atom. The predicted octanol–water partition coefficient (Wildman–Crippen LogP) is 3.01. The highest BCUT2D eigenvalue weighted by molar-refractivity contribution is 4.91. The van der Waals surface area contributed by atoms with Crippen LogP contribution in [-0.4, -0.2) is 30.1 Å². The average molecular weight is 238 g/mol. The third-order valence-electron chi connectivity index (χ3n) is 4.97. The summed E-state index contributed by atoms with van der Waals surface area (Å²) in [5.41, 5.74) is 6.10. The molecule has 0 amide bonds. The first-order chi connectivity index (χ1) is 8.24. The lowest BCUT2D eigenvalue weighted by atomic mass is 9.82. The number of likely N-dealkylation sites (tertiary alicyclic amines) is 1. The molecule has 0 spiro atoms. The van der Waals surface area contributed by atoms with E-state index < -0.39 is 0 Å². The molecule has 0 bridgehead atoms. The molecule has 2 aliphatic rings. The highest BCUT2D eigenvalue weighted by Gasteiger charge is 2.35. The molecule has 0 aromatic heterocycles. The first kappa shape index (κ1) is 13.4. The van der Waals surface area contributed by atoms with Crippen LogP contribution in [0.2, 0.25) is 0 Å². The van der Waals surface area contributed by atoms with E-state index in [-0.39, 0.29) is 0 Å². The molecule has 2 heteroatoms. The molecule has 1 aliphatic carbocycles. The predicted molar refractivity (Wildman–Crippen MR) is 74.0 cm³/mol. The molecular formula is C15H30N2. The van der Waals surface area contributed by atoms with Gasteiger partial charge in [-0.15, -0.1) is 0 Å². The van der Waals surface area contributed by atoms with Crippen LogP contribution < -0.4 is 5.73 Å². The summed E-state index contributed by atoms with van der Waals surface area (Å²) in [4.78, 5) is 2.76. The lowest BCUT2D eigenvalue weighted by Gasteiger charge is -2.40. The second-order valence-electron chi connectivity index (χ2n) is 6.39. The third-order valence-corrected chi connectivity index (χ3v) is 4.97. The van der Waals surface area contributed by atoms with Crippen LogP contribution in [0.15, 0.2) is 0 Å². The Balaban J connectivity index is 2.00. The van der Waals surface area contributed by atoms with Crippen molar-refractivity contribution in [3.8, 4) is 0 Å². The number of hydrogen-bond acceptors (Lipinski definition) is 2. The molecule has 1 aliphatic heterocycles. The maximum absolute atomic E-state index is 6.10. The molecule has 0 radical (unpaired) electrons. The van der Waals surface area contributed by atoms with Gasteiger partial charge in [0.05, 0.1) is 0 Å². The van der Waals surface area contributed by atoms with Gasteiger partial charge in [-0.3, -0.25) is 4.90 Å². The number of nitrogens with two attached hydrogens (primary N) is 1. The minimum absolute atomic E-state index is 0.671. The normalized spacial score (nSPS) is 30.0. The highest BCUT2D eigenvalue weighted by Crippen LogP contribution is 2.34. The van der Waals surface area contributed by atoms with Crippen molar-refractivity contribution in [1.29, 1.82) is 0 Å². The fraction of sp³-hybridized carbons (Fsp3) is 1.00. The Kier molecular flexibility index (Phi) is 4.87. The Morgan fingerprint density at radius 2 is 1.76 bits per heavy atom. The Labute approximate surface area is 107 Å². The smallest absolute Gasteiger partial charge is 0.0249 e. The van der Waals surface area contributed by atoms with Gasteiger partial charge in [0.2, 0.25) is 0 Å². The van der Waals surface area contributed by atoms with Gasteiger partial charge in [0.15, 0.2) is 0 Å². The first-order valence-electron chi connectivity index (χ1n) is 7.70. The zero-order valence-electron chi connectivity index (χ0n) is 11.7. The van der Waals surface area contributed by atoms with Gasteiger partial charge in [0, 0.05) is 18.6 Å². The van der Waals surface area contributed by atoms with Crippen LogP contribution in [0.3, 0.4) is 0 Å². The second-order valence-corrected chi connectivity index (χ2v) is 6.39. The molecule has 2 rings (SSSR count). The van der Waals surface area contributed by atoms with E-state index in [1.807, 2.05) is 0 Å². The summed E-state index contributed by atoms with van der Waals surface area (Å²) in [7, 11) is 0. The van der Waals surface area contributed by atoms with Crippen molar-refractivity contribution in [1.82, 2.24) is 4.90 Å². The molecule has 1 saturated heterocycles. The van der Waals surface area contributed by atoms with Gasteiger partial charge in [-0.25, -0.2) is 0 Å². The van der Waals surface area contributed by atoms with E-state index in [4.69, 9.17) is 5.73 Å². The van der Waals surface area contributed by atoms with Crippen molar-refractivity contribution in [3.05, 3.63) is 0 Å². The van der Waals surface area contributed by atoms with Crippen LogP contribution in [-0.2, 0) is 0 Å². The summed E-state index contributed by atoms with van der Waals surface area (Å²) in [6.07, 6.45) is 9.92. The van der Waals surface area contributed by atoms with Gasteiger partial charge in [-0.05, 0) is 44.1 Å². The highest BCUT2D eigenvalue weighted by atomic mass is 15.2. The van der Waals surface area contributed by atoms with Crippen molar-refractivity contribution in [3.63, 3.8) is 0 Å². The fourth-order valence-electron chi connectivity index (χ4n) is 4.06. The average Bonchev–Trinajstić information content (AvgIpc) is 2.81. The third kappa shape index (κ3) is 3.03.